The van der Waals surface area contributed by atoms with Crippen LogP contribution in [0.15, 0.2) is 30.3 Å². The zero-order valence-electron chi connectivity index (χ0n) is 13.1. The van der Waals surface area contributed by atoms with E-state index in [4.69, 9.17) is 4.74 Å². The lowest BCUT2D eigenvalue weighted by Crippen LogP contribution is -2.28. The van der Waals surface area contributed by atoms with Gasteiger partial charge in [-0.1, -0.05) is 18.2 Å². The molecule has 4 rings (SSSR count). The molecule has 0 aliphatic carbocycles. The van der Waals surface area contributed by atoms with Crippen molar-refractivity contribution >= 4 is 5.91 Å². The fraction of sp³-hybridized carbons (Fsp3) is 0.444. The zero-order valence-corrected chi connectivity index (χ0v) is 13.1. The van der Waals surface area contributed by atoms with Gasteiger partial charge in [0, 0.05) is 17.8 Å². The fourth-order valence-corrected chi connectivity index (χ4v) is 3.44. The van der Waals surface area contributed by atoms with Crippen molar-refractivity contribution < 1.29 is 9.53 Å². The van der Waals surface area contributed by atoms with Gasteiger partial charge in [-0.15, -0.1) is 0 Å². The summed E-state index contributed by atoms with van der Waals surface area (Å²) in [5.41, 5.74) is 2.76. The van der Waals surface area contributed by atoms with Crippen molar-refractivity contribution in [2.45, 2.75) is 44.7 Å². The molecule has 120 valence electrons. The SMILES string of the molecule is O=C(NC1CCCOc2ccccc21)c1cc2n(n1)CCCC2. The Balaban J connectivity index is 1.55. The number of rotatable bonds is 2. The first kappa shape index (κ1) is 14.3. The van der Waals surface area contributed by atoms with Crippen LogP contribution in [0.5, 0.6) is 5.75 Å². The Morgan fingerprint density at radius 1 is 1.26 bits per heavy atom. The van der Waals surface area contributed by atoms with Crippen molar-refractivity contribution in [1.82, 2.24) is 15.1 Å². The summed E-state index contributed by atoms with van der Waals surface area (Å²) in [6.45, 7) is 1.62. The quantitative estimate of drug-likeness (QED) is 0.928. The Morgan fingerprint density at radius 3 is 3.09 bits per heavy atom. The fourth-order valence-electron chi connectivity index (χ4n) is 3.44. The third-order valence-corrected chi connectivity index (χ3v) is 4.64. The van der Waals surface area contributed by atoms with Gasteiger partial charge in [0.1, 0.15) is 11.4 Å². The van der Waals surface area contributed by atoms with E-state index in [0.717, 1.165) is 43.5 Å². The van der Waals surface area contributed by atoms with E-state index in [0.29, 0.717) is 12.3 Å². The average molecular weight is 311 g/mol. The molecule has 1 aromatic heterocycles. The molecule has 2 aromatic rings. The van der Waals surface area contributed by atoms with Crippen LogP contribution >= 0.6 is 0 Å². The number of para-hydroxylation sites is 1. The summed E-state index contributed by atoms with van der Waals surface area (Å²) in [6, 6.07) is 9.88. The summed E-state index contributed by atoms with van der Waals surface area (Å²) in [7, 11) is 0. The zero-order chi connectivity index (χ0) is 15.6. The van der Waals surface area contributed by atoms with Gasteiger partial charge >= 0.3 is 0 Å². The van der Waals surface area contributed by atoms with Crippen LogP contribution in [0.25, 0.3) is 0 Å². The van der Waals surface area contributed by atoms with Gasteiger partial charge in [0.2, 0.25) is 0 Å². The Bertz CT molecular complexity index is 699. The molecule has 0 bridgehead atoms. The topological polar surface area (TPSA) is 56.1 Å². The second-order valence-corrected chi connectivity index (χ2v) is 6.26. The summed E-state index contributed by atoms with van der Waals surface area (Å²) in [6.07, 6.45) is 5.15. The van der Waals surface area contributed by atoms with Crippen molar-refractivity contribution in [1.29, 1.82) is 0 Å². The Hall–Kier alpha value is -2.30. The number of aryl methyl sites for hydroxylation is 2. The Morgan fingerprint density at radius 2 is 2.17 bits per heavy atom. The number of hydrogen-bond acceptors (Lipinski definition) is 3. The predicted molar refractivity (Wildman–Crippen MR) is 86.5 cm³/mol. The van der Waals surface area contributed by atoms with Gasteiger partial charge in [-0.2, -0.15) is 5.10 Å². The lowest BCUT2D eigenvalue weighted by Gasteiger charge is -2.17. The van der Waals surface area contributed by atoms with Crippen LogP contribution in [-0.2, 0) is 13.0 Å². The van der Waals surface area contributed by atoms with Crippen molar-refractivity contribution in [3.8, 4) is 5.75 Å². The molecule has 2 aliphatic rings. The molecular formula is C18H21N3O2. The molecule has 1 atom stereocenters. The molecule has 5 heteroatoms. The number of aromatic nitrogens is 2. The lowest BCUT2D eigenvalue weighted by molar-refractivity contribution is 0.0928. The molecule has 3 heterocycles. The van der Waals surface area contributed by atoms with Gasteiger partial charge in [-0.25, -0.2) is 0 Å². The van der Waals surface area contributed by atoms with E-state index in [9.17, 15) is 4.79 Å². The van der Waals surface area contributed by atoms with Crippen molar-refractivity contribution in [2.75, 3.05) is 6.61 Å². The maximum atomic E-state index is 12.6. The van der Waals surface area contributed by atoms with E-state index in [1.165, 1.54) is 12.1 Å². The molecule has 23 heavy (non-hydrogen) atoms. The third-order valence-electron chi connectivity index (χ3n) is 4.64. The van der Waals surface area contributed by atoms with Crippen LogP contribution < -0.4 is 10.1 Å². The second-order valence-electron chi connectivity index (χ2n) is 6.26. The standard InChI is InChI=1S/C18H21N3O2/c22-18(16-12-13-6-3-4-10-21(13)20-16)19-15-8-5-11-23-17-9-2-1-7-14(15)17/h1-2,7,9,12,15H,3-6,8,10-11H2,(H,19,22). The molecule has 1 unspecified atom stereocenters. The Labute approximate surface area is 135 Å². The molecular weight excluding hydrogens is 290 g/mol. The van der Waals surface area contributed by atoms with Gasteiger partial charge in [-0.3, -0.25) is 9.48 Å². The Kier molecular flexibility index (Phi) is 3.77. The highest BCUT2D eigenvalue weighted by atomic mass is 16.5. The van der Waals surface area contributed by atoms with E-state index in [1.807, 2.05) is 35.0 Å². The van der Waals surface area contributed by atoms with Gasteiger partial charge in [0.15, 0.2) is 0 Å². The summed E-state index contributed by atoms with van der Waals surface area (Å²) < 4.78 is 7.74. The van der Waals surface area contributed by atoms with Crippen LogP contribution in [-0.4, -0.2) is 22.3 Å². The summed E-state index contributed by atoms with van der Waals surface area (Å²) in [5, 5.41) is 7.61. The largest absolute Gasteiger partial charge is 0.493 e. The van der Waals surface area contributed by atoms with Crippen LogP contribution in [0, 0.1) is 0 Å². The number of nitrogens with one attached hydrogen (secondary N) is 1. The molecule has 1 N–H and O–H groups in total. The third kappa shape index (κ3) is 2.83. The highest BCUT2D eigenvalue weighted by Crippen LogP contribution is 2.31. The number of carbonyl (C=O) groups excluding carboxylic acids is 1. The monoisotopic (exact) mass is 311 g/mol. The molecule has 0 saturated heterocycles. The van der Waals surface area contributed by atoms with E-state index >= 15 is 0 Å². The maximum absolute atomic E-state index is 12.6. The molecule has 0 radical (unpaired) electrons. The average Bonchev–Trinajstić information content (AvgIpc) is 2.92. The number of fused-ring (bicyclic) bond motifs is 2. The van der Waals surface area contributed by atoms with Crippen LogP contribution in [0.4, 0.5) is 0 Å². The van der Waals surface area contributed by atoms with E-state index < -0.39 is 0 Å². The number of carbonyl (C=O) groups is 1. The van der Waals surface area contributed by atoms with E-state index in [1.54, 1.807) is 0 Å². The number of amides is 1. The minimum absolute atomic E-state index is 0.0140. The molecule has 2 aliphatic heterocycles. The van der Waals surface area contributed by atoms with Crippen molar-refractivity contribution in [2.24, 2.45) is 0 Å². The first-order valence-corrected chi connectivity index (χ1v) is 8.40. The van der Waals surface area contributed by atoms with Gasteiger partial charge in [0.25, 0.3) is 5.91 Å². The number of benzene rings is 1. The maximum Gasteiger partial charge on any atom is 0.272 e. The normalized spacial score (nSPS) is 19.9. The first-order chi connectivity index (χ1) is 11.3. The van der Waals surface area contributed by atoms with E-state index in [2.05, 4.69) is 10.4 Å². The number of hydrogen-bond donors (Lipinski definition) is 1. The minimum atomic E-state index is -0.0893. The molecule has 1 amide bonds. The van der Waals surface area contributed by atoms with Crippen LogP contribution in [0.1, 0.15) is 53.5 Å². The molecule has 0 spiro atoms. The predicted octanol–water partition coefficient (Wildman–Crippen LogP) is 2.86. The van der Waals surface area contributed by atoms with Gasteiger partial charge in [0.05, 0.1) is 12.6 Å². The van der Waals surface area contributed by atoms with Crippen molar-refractivity contribution in [3.63, 3.8) is 0 Å². The summed E-state index contributed by atoms with van der Waals surface area (Å²) in [4.78, 5) is 12.6. The van der Waals surface area contributed by atoms with Crippen molar-refractivity contribution in [3.05, 3.63) is 47.3 Å². The lowest BCUT2D eigenvalue weighted by atomic mass is 10.0. The number of ether oxygens (including phenoxy) is 1. The van der Waals surface area contributed by atoms with Crippen LogP contribution in [0.3, 0.4) is 0 Å². The molecule has 1 aromatic carbocycles. The van der Waals surface area contributed by atoms with Gasteiger partial charge < -0.3 is 10.1 Å². The molecule has 0 saturated carbocycles. The molecule has 5 nitrogen and oxygen atoms in total. The highest BCUT2D eigenvalue weighted by molar-refractivity contribution is 5.92. The minimum Gasteiger partial charge on any atom is -0.493 e. The highest BCUT2D eigenvalue weighted by Gasteiger charge is 2.23. The first-order valence-electron chi connectivity index (χ1n) is 8.40. The summed E-state index contributed by atoms with van der Waals surface area (Å²) in [5.74, 6) is 0.785. The second kappa shape index (κ2) is 6.07. The van der Waals surface area contributed by atoms with Crippen LogP contribution in [0.2, 0.25) is 0 Å². The van der Waals surface area contributed by atoms with Gasteiger partial charge in [-0.05, 0) is 44.2 Å². The number of nitrogens with zero attached hydrogens (tertiary/aromatic N) is 2. The summed E-state index contributed by atoms with van der Waals surface area (Å²) >= 11 is 0. The van der Waals surface area contributed by atoms with E-state index in [-0.39, 0.29) is 11.9 Å². The molecule has 0 fully saturated rings. The smallest absolute Gasteiger partial charge is 0.272 e.